The highest BCUT2D eigenvalue weighted by Crippen LogP contribution is 2.31. The summed E-state index contributed by atoms with van der Waals surface area (Å²) in [6.07, 6.45) is 5.70. The highest BCUT2D eigenvalue weighted by atomic mass is 32.2. The van der Waals surface area contributed by atoms with Crippen LogP contribution in [0.2, 0.25) is 0 Å². The second-order valence-electron chi connectivity index (χ2n) is 3.52. The molecule has 1 aliphatic heterocycles. The van der Waals surface area contributed by atoms with Gasteiger partial charge in [0.2, 0.25) is 0 Å². The Morgan fingerprint density at radius 3 is 2.92 bits per heavy atom. The van der Waals surface area contributed by atoms with E-state index in [0.717, 1.165) is 25.0 Å². The van der Waals surface area contributed by atoms with Crippen molar-refractivity contribution in [3.8, 4) is 0 Å². The molecule has 1 rings (SSSR count). The zero-order valence-electron chi connectivity index (χ0n) is 8.25. The van der Waals surface area contributed by atoms with Crippen molar-refractivity contribution in [3.05, 3.63) is 12.8 Å². The fraction of sp³-hybridized carbons (Fsp3) is 0.800. The fourth-order valence-electron chi connectivity index (χ4n) is 1.80. The van der Waals surface area contributed by atoms with E-state index in [1.54, 1.807) is 0 Å². The molecular formula is C10H18O2S. The minimum absolute atomic E-state index is 0.0908. The van der Waals surface area contributed by atoms with Crippen molar-refractivity contribution in [1.82, 2.24) is 0 Å². The standard InChI is InChI=1S/C10H18O2S/c1-3-10(9-12-4-2)7-5-6-8-13(10)11/h4H,2-3,5-9H2,1H3. The molecule has 0 bridgehead atoms. The Hall–Kier alpha value is -0.310. The van der Waals surface area contributed by atoms with E-state index >= 15 is 0 Å². The summed E-state index contributed by atoms with van der Waals surface area (Å²) in [6, 6.07) is 0. The van der Waals surface area contributed by atoms with Gasteiger partial charge in [0.25, 0.3) is 0 Å². The molecule has 1 aliphatic rings. The predicted octanol–water partition coefficient (Wildman–Crippen LogP) is 2.23. The van der Waals surface area contributed by atoms with E-state index in [9.17, 15) is 4.21 Å². The molecule has 13 heavy (non-hydrogen) atoms. The third-order valence-corrected chi connectivity index (χ3v) is 5.04. The third-order valence-electron chi connectivity index (χ3n) is 2.80. The van der Waals surface area contributed by atoms with E-state index in [4.69, 9.17) is 4.74 Å². The second kappa shape index (κ2) is 4.80. The SMILES string of the molecule is C=COCC1(CC)CCCCS1=O. The van der Waals surface area contributed by atoms with Gasteiger partial charge in [0.15, 0.2) is 0 Å². The maximum atomic E-state index is 11.8. The van der Waals surface area contributed by atoms with Crippen molar-refractivity contribution >= 4 is 10.8 Å². The molecule has 0 aromatic rings. The van der Waals surface area contributed by atoms with Gasteiger partial charge in [-0.25, -0.2) is 0 Å². The van der Waals surface area contributed by atoms with Gasteiger partial charge in [0.05, 0.1) is 11.0 Å². The average Bonchev–Trinajstić information content (AvgIpc) is 2.17. The van der Waals surface area contributed by atoms with Crippen LogP contribution in [0.5, 0.6) is 0 Å². The first-order valence-corrected chi connectivity index (χ1v) is 6.18. The number of rotatable bonds is 4. The van der Waals surface area contributed by atoms with E-state index in [1.807, 2.05) is 0 Å². The lowest BCUT2D eigenvalue weighted by atomic mass is 9.98. The van der Waals surface area contributed by atoms with Gasteiger partial charge in [-0.15, -0.1) is 0 Å². The van der Waals surface area contributed by atoms with E-state index in [0.29, 0.717) is 6.61 Å². The molecule has 1 heterocycles. The summed E-state index contributed by atoms with van der Waals surface area (Å²) in [7, 11) is -0.711. The minimum Gasteiger partial charge on any atom is -0.500 e. The van der Waals surface area contributed by atoms with Crippen LogP contribution in [0.4, 0.5) is 0 Å². The molecule has 0 spiro atoms. The molecule has 0 radical (unpaired) electrons. The summed E-state index contributed by atoms with van der Waals surface area (Å²) in [4.78, 5) is 0. The zero-order valence-corrected chi connectivity index (χ0v) is 9.07. The van der Waals surface area contributed by atoms with Crippen molar-refractivity contribution in [2.45, 2.75) is 37.4 Å². The van der Waals surface area contributed by atoms with Crippen molar-refractivity contribution in [3.63, 3.8) is 0 Å². The van der Waals surface area contributed by atoms with Crippen LogP contribution in [0.15, 0.2) is 12.8 Å². The zero-order chi connectivity index (χ0) is 9.73. The Bertz CT molecular complexity index is 203. The van der Waals surface area contributed by atoms with Crippen LogP contribution >= 0.6 is 0 Å². The molecule has 0 amide bonds. The van der Waals surface area contributed by atoms with Crippen molar-refractivity contribution in [1.29, 1.82) is 0 Å². The predicted molar refractivity (Wildman–Crippen MR) is 56.0 cm³/mol. The molecule has 0 aromatic carbocycles. The Labute approximate surface area is 82.8 Å². The highest BCUT2D eigenvalue weighted by Gasteiger charge is 2.37. The maximum absolute atomic E-state index is 11.8. The van der Waals surface area contributed by atoms with E-state index in [1.165, 1.54) is 12.7 Å². The van der Waals surface area contributed by atoms with Crippen LogP contribution in [-0.4, -0.2) is 21.3 Å². The van der Waals surface area contributed by atoms with Gasteiger partial charge in [0, 0.05) is 16.6 Å². The third kappa shape index (κ3) is 2.33. The first kappa shape index (κ1) is 10.8. The Balaban J connectivity index is 2.64. The molecule has 2 unspecified atom stereocenters. The van der Waals surface area contributed by atoms with Gasteiger partial charge in [-0.05, 0) is 19.3 Å². The quantitative estimate of drug-likeness (QED) is 0.653. The van der Waals surface area contributed by atoms with Crippen LogP contribution < -0.4 is 0 Å². The number of ether oxygens (including phenoxy) is 1. The molecule has 0 aliphatic carbocycles. The maximum Gasteiger partial charge on any atom is 0.104 e. The normalized spacial score (nSPS) is 34.1. The lowest BCUT2D eigenvalue weighted by Gasteiger charge is -2.34. The van der Waals surface area contributed by atoms with Gasteiger partial charge >= 0.3 is 0 Å². The first-order valence-electron chi connectivity index (χ1n) is 4.86. The Kier molecular flexibility index (Phi) is 3.97. The second-order valence-corrected chi connectivity index (χ2v) is 5.49. The molecule has 1 fully saturated rings. The Morgan fingerprint density at radius 1 is 1.62 bits per heavy atom. The summed E-state index contributed by atoms with van der Waals surface area (Å²) in [5, 5.41) is 0. The van der Waals surface area contributed by atoms with Crippen LogP contribution in [0.25, 0.3) is 0 Å². The molecule has 2 atom stereocenters. The minimum atomic E-state index is -0.711. The van der Waals surface area contributed by atoms with Gasteiger partial charge < -0.3 is 4.74 Å². The Morgan fingerprint density at radius 2 is 2.38 bits per heavy atom. The number of hydrogen-bond donors (Lipinski definition) is 0. The van der Waals surface area contributed by atoms with Gasteiger partial charge in [0.1, 0.15) is 6.61 Å². The summed E-state index contributed by atoms with van der Waals surface area (Å²) < 4.78 is 17.0. The molecule has 0 saturated carbocycles. The van der Waals surface area contributed by atoms with Crippen LogP contribution in [0.3, 0.4) is 0 Å². The molecule has 0 N–H and O–H groups in total. The number of hydrogen-bond acceptors (Lipinski definition) is 2. The molecule has 3 heteroatoms. The van der Waals surface area contributed by atoms with E-state index in [-0.39, 0.29) is 4.75 Å². The summed E-state index contributed by atoms with van der Waals surface area (Å²) in [6.45, 7) is 6.18. The van der Waals surface area contributed by atoms with Crippen LogP contribution in [0, 0.1) is 0 Å². The lowest BCUT2D eigenvalue weighted by molar-refractivity contribution is 0.197. The smallest absolute Gasteiger partial charge is 0.104 e. The average molecular weight is 202 g/mol. The monoisotopic (exact) mass is 202 g/mol. The molecule has 1 saturated heterocycles. The summed E-state index contributed by atoms with van der Waals surface area (Å²) in [5.74, 6) is 0.842. The summed E-state index contributed by atoms with van der Waals surface area (Å²) >= 11 is 0. The summed E-state index contributed by atoms with van der Waals surface area (Å²) in [5.41, 5.74) is 0. The first-order chi connectivity index (χ1) is 6.25. The van der Waals surface area contributed by atoms with Gasteiger partial charge in [-0.1, -0.05) is 19.9 Å². The largest absolute Gasteiger partial charge is 0.500 e. The van der Waals surface area contributed by atoms with E-state index < -0.39 is 10.8 Å². The van der Waals surface area contributed by atoms with Crippen molar-refractivity contribution < 1.29 is 8.95 Å². The van der Waals surface area contributed by atoms with E-state index in [2.05, 4.69) is 13.5 Å². The fourth-order valence-corrected chi connectivity index (χ4v) is 3.59. The van der Waals surface area contributed by atoms with Crippen LogP contribution in [0.1, 0.15) is 32.6 Å². The van der Waals surface area contributed by atoms with Crippen molar-refractivity contribution in [2.75, 3.05) is 12.4 Å². The van der Waals surface area contributed by atoms with Crippen LogP contribution in [-0.2, 0) is 15.5 Å². The molecule has 76 valence electrons. The van der Waals surface area contributed by atoms with Gasteiger partial charge in [-0.2, -0.15) is 0 Å². The molecule has 0 aromatic heterocycles. The van der Waals surface area contributed by atoms with Gasteiger partial charge in [-0.3, -0.25) is 4.21 Å². The lowest BCUT2D eigenvalue weighted by Crippen LogP contribution is -2.42. The molecular weight excluding hydrogens is 184 g/mol. The highest BCUT2D eigenvalue weighted by molar-refractivity contribution is 7.86. The van der Waals surface area contributed by atoms with Crippen molar-refractivity contribution in [2.24, 2.45) is 0 Å². The molecule has 2 nitrogen and oxygen atoms in total. The topological polar surface area (TPSA) is 26.3 Å².